The molecule has 1 aromatic rings. The van der Waals surface area contributed by atoms with Crippen LogP contribution in [-0.2, 0) is 6.18 Å². The SMILES string of the molecule is CCCC(C)COc1ccc(C(F)(F)F)cn1. The maximum Gasteiger partial charge on any atom is 0.417 e. The van der Waals surface area contributed by atoms with Gasteiger partial charge in [0.1, 0.15) is 0 Å². The van der Waals surface area contributed by atoms with Gasteiger partial charge in [0, 0.05) is 12.3 Å². The molecule has 1 unspecified atom stereocenters. The number of halogens is 3. The molecular weight excluding hydrogens is 231 g/mol. The zero-order valence-electron chi connectivity index (χ0n) is 9.92. The highest BCUT2D eigenvalue weighted by Gasteiger charge is 2.30. The molecular formula is C12H16F3NO. The van der Waals surface area contributed by atoms with Gasteiger partial charge in [-0.15, -0.1) is 0 Å². The highest BCUT2D eigenvalue weighted by molar-refractivity contribution is 5.20. The van der Waals surface area contributed by atoms with E-state index in [9.17, 15) is 13.2 Å². The van der Waals surface area contributed by atoms with E-state index in [0.29, 0.717) is 12.5 Å². The summed E-state index contributed by atoms with van der Waals surface area (Å²) in [6, 6.07) is 2.23. The Bertz CT molecular complexity index is 335. The van der Waals surface area contributed by atoms with Gasteiger partial charge in [-0.05, 0) is 18.4 Å². The van der Waals surface area contributed by atoms with Crippen molar-refractivity contribution in [2.75, 3.05) is 6.61 Å². The number of aromatic nitrogens is 1. The maximum absolute atomic E-state index is 12.3. The molecule has 5 heteroatoms. The zero-order chi connectivity index (χ0) is 12.9. The first-order valence-corrected chi connectivity index (χ1v) is 5.59. The van der Waals surface area contributed by atoms with Crippen molar-refractivity contribution in [3.8, 4) is 5.88 Å². The fourth-order valence-corrected chi connectivity index (χ4v) is 1.44. The quantitative estimate of drug-likeness (QED) is 0.786. The second-order valence-electron chi connectivity index (χ2n) is 4.09. The lowest BCUT2D eigenvalue weighted by Gasteiger charge is -2.12. The minimum absolute atomic E-state index is 0.237. The number of rotatable bonds is 5. The fourth-order valence-electron chi connectivity index (χ4n) is 1.44. The molecule has 0 fully saturated rings. The smallest absolute Gasteiger partial charge is 0.417 e. The van der Waals surface area contributed by atoms with Crippen LogP contribution < -0.4 is 4.74 Å². The molecule has 0 N–H and O–H groups in total. The van der Waals surface area contributed by atoms with Gasteiger partial charge in [0.15, 0.2) is 0 Å². The van der Waals surface area contributed by atoms with E-state index in [4.69, 9.17) is 4.74 Å². The molecule has 0 bridgehead atoms. The molecule has 0 aliphatic carbocycles. The Labute approximate surface area is 98.8 Å². The van der Waals surface area contributed by atoms with Gasteiger partial charge in [0.2, 0.25) is 5.88 Å². The summed E-state index contributed by atoms with van der Waals surface area (Å²) < 4.78 is 42.1. The van der Waals surface area contributed by atoms with Gasteiger partial charge in [-0.1, -0.05) is 20.3 Å². The van der Waals surface area contributed by atoms with Crippen LogP contribution in [0.3, 0.4) is 0 Å². The Balaban J connectivity index is 2.51. The molecule has 96 valence electrons. The summed E-state index contributed by atoms with van der Waals surface area (Å²) in [7, 11) is 0. The summed E-state index contributed by atoms with van der Waals surface area (Å²) in [6.07, 6.45) is -1.47. The van der Waals surface area contributed by atoms with E-state index in [0.717, 1.165) is 25.1 Å². The second kappa shape index (κ2) is 5.89. The standard InChI is InChI=1S/C12H16F3NO/c1-3-4-9(2)8-17-11-6-5-10(7-16-11)12(13,14)15/h5-7,9H,3-4,8H2,1-2H3. The van der Waals surface area contributed by atoms with E-state index in [1.807, 2.05) is 6.92 Å². The number of hydrogen-bond donors (Lipinski definition) is 0. The van der Waals surface area contributed by atoms with Gasteiger partial charge < -0.3 is 4.74 Å². The monoisotopic (exact) mass is 247 g/mol. The third-order valence-corrected chi connectivity index (χ3v) is 2.36. The Morgan fingerprint density at radius 2 is 2.06 bits per heavy atom. The van der Waals surface area contributed by atoms with Crippen molar-refractivity contribution < 1.29 is 17.9 Å². The summed E-state index contributed by atoms with van der Waals surface area (Å²) in [5.41, 5.74) is -0.758. The van der Waals surface area contributed by atoms with Crippen LogP contribution >= 0.6 is 0 Å². The van der Waals surface area contributed by atoms with E-state index in [1.165, 1.54) is 6.07 Å². The van der Waals surface area contributed by atoms with Crippen molar-refractivity contribution >= 4 is 0 Å². The molecule has 0 aliphatic heterocycles. The van der Waals surface area contributed by atoms with Gasteiger partial charge in [0.25, 0.3) is 0 Å². The zero-order valence-corrected chi connectivity index (χ0v) is 9.92. The summed E-state index contributed by atoms with van der Waals surface area (Å²) in [4.78, 5) is 3.64. The highest BCUT2D eigenvalue weighted by atomic mass is 19.4. The van der Waals surface area contributed by atoms with Crippen LogP contribution in [0, 0.1) is 5.92 Å². The van der Waals surface area contributed by atoms with Crippen molar-refractivity contribution in [2.45, 2.75) is 32.9 Å². The third kappa shape index (κ3) is 4.63. The number of ether oxygens (including phenoxy) is 1. The van der Waals surface area contributed by atoms with Crippen molar-refractivity contribution in [3.63, 3.8) is 0 Å². The van der Waals surface area contributed by atoms with Crippen LogP contribution in [0.15, 0.2) is 18.3 Å². The number of alkyl halides is 3. The number of nitrogens with zero attached hydrogens (tertiary/aromatic N) is 1. The van der Waals surface area contributed by atoms with Gasteiger partial charge in [0.05, 0.1) is 12.2 Å². The molecule has 17 heavy (non-hydrogen) atoms. The molecule has 1 heterocycles. The Kier molecular flexibility index (Phi) is 4.78. The number of hydrogen-bond acceptors (Lipinski definition) is 2. The normalized spacial score (nSPS) is 13.5. The van der Waals surface area contributed by atoms with E-state index < -0.39 is 11.7 Å². The van der Waals surface area contributed by atoms with E-state index in [2.05, 4.69) is 11.9 Å². The molecule has 1 atom stereocenters. The maximum atomic E-state index is 12.3. The van der Waals surface area contributed by atoms with Crippen molar-refractivity contribution in [1.82, 2.24) is 4.98 Å². The van der Waals surface area contributed by atoms with E-state index in [-0.39, 0.29) is 5.88 Å². The molecule has 0 saturated heterocycles. The first-order valence-electron chi connectivity index (χ1n) is 5.59. The average Bonchev–Trinajstić information content (AvgIpc) is 2.26. The highest BCUT2D eigenvalue weighted by Crippen LogP contribution is 2.29. The van der Waals surface area contributed by atoms with Crippen LogP contribution in [0.5, 0.6) is 5.88 Å². The van der Waals surface area contributed by atoms with E-state index in [1.54, 1.807) is 0 Å². The minimum atomic E-state index is -4.35. The van der Waals surface area contributed by atoms with Crippen LogP contribution in [0.2, 0.25) is 0 Å². The van der Waals surface area contributed by atoms with E-state index >= 15 is 0 Å². The second-order valence-corrected chi connectivity index (χ2v) is 4.09. The predicted molar refractivity (Wildman–Crippen MR) is 58.8 cm³/mol. The first kappa shape index (κ1) is 13.8. The minimum Gasteiger partial charge on any atom is -0.477 e. The molecule has 2 nitrogen and oxygen atoms in total. The summed E-state index contributed by atoms with van der Waals surface area (Å²) in [5, 5.41) is 0. The van der Waals surface area contributed by atoms with Crippen LogP contribution in [0.25, 0.3) is 0 Å². The molecule has 0 saturated carbocycles. The van der Waals surface area contributed by atoms with Crippen molar-refractivity contribution in [2.24, 2.45) is 5.92 Å². The summed E-state index contributed by atoms with van der Waals surface area (Å²) >= 11 is 0. The van der Waals surface area contributed by atoms with Gasteiger partial charge in [-0.25, -0.2) is 4.98 Å². The lowest BCUT2D eigenvalue weighted by atomic mass is 10.1. The van der Waals surface area contributed by atoms with Crippen LogP contribution in [-0.4, -0.2) is 11.6 Å². The van der Waals surface area contributed by atoms with Crippen LogP contribution in [0.1, 0.15) is 32.3 Å². The average molecular weight is 247 g/mol. The summed E-state index contributed by atoms with van der Waals surface area (Å²) in [5.74, 6) is 0.616. The van der Waals surface area contributed by atoms with Gasteiger partial charge in [-0.2, -0.15) is 13.2 Å². The first-order chi connectivity index (χ1) is 7.93. The lowest BCUT2D eigenvalue weighted by Crippen LogP contribution is -2.10. The molecule has 0 radical (unpaired) electrons. The third-order valence-electron chi connectivity index (χ3n) is 2.36. The molecule has 0 aliphatic rings. The van der Waals surface area contributed by atoms with Crippen molar-refractivity contribution in [1.29, 1.82) is 0 Å². The lowest BCUT2D eigenvalue weighted by molar-refractivity contribution is -0.137. The molecule has 0 amide bonds. The van der Waals surface area contributed by atoms with Crippen molar-refractivity contribution in [3.05, 3.63) is 23.9 Å². The largest absolute Gasteiger partial charge is 0.477 e. The van der Waals surface area contributed by atoms with Crippen LogP contribution in [0.4, 0.5) is 13.2 Å². The molecule has 1 rings (SSSR count). The Morgan fingerprint density at radius 3 is 2.53 bits per heavy atom. The molecule has 1 aromatic heterocycles. The Morgan fingerprint density at radius 1 is 1.35 bits per heavy atom. The van der Waals surface area contributed by atoms with Gasteiger partial charge in [-0.3, -0.25) is 0 Å². The van der Waals surface area contributed by atoms with Gasteiger partial charge >= 0.3 is 6.18 Å². The topological polar surface area (TPSA) is 22.1 Å². The number of pyridine rings is 1. The Hall–Kier alpha value is -1.26. The predicted octanol–water partition coefficient (Wildman–Crippen LogP) is 3.92. The molecule has 0 aromatic carbocycles. The fraction of sp³-hybridized carbons (Fsp3) is 0.583. The summed E-state index contributed by atoms with van der Waals surface area (Å²) in [6.45, 7) is 4.59. The molecule has 0 spiro atoms.